The Balaban J connectivity index is 1.92. The molecule has 1 saturated heterocycles. The van der Waals surface area contributed by atoms with Gasteiger partial charge in [0.1, 0.15) is 5.82 Å². The van der Waals surface area contributed by atoms with Crippen molar-refractivity contribution in [2.45, 2.75) is 6.10 Å². The zero-order valence-electron chi connectivity index (χ0n) is 14.5. The van der Waals surface area contributed by atoms with Crippen molar-refractivity contribution in [1.29, 1.82) is 0 Å². The number of nitrogens with zero attached hydrogens (tertiary/aromatic N) is 3. The molecule has 2 heterocycles. The molecule has 26 heavy (non-hydrogen) atoms. The van der Waals surface area contributed by atoms with Crippen LogP contribution in [0.25, 0.3) is 10.9 Å². The minimum absolute atomic E-state index is 0.129. The van der Waals surface area contributed by atoms with Crippen molar-refractivity contribution in [3.63, 3.8) is 0 Å². The van der Waals surface area contributed by atoms with Gasteiger partial charge in [0.2, 0.25) is 10.0 Å². The summed E-state index contributed by atoms with van der Waals surface area (Å²) in [5.41, 5.74) is 0.672. The molecule has 0 amide bonds. The molecule has 2 aromatic rings. The van der Waals surface area contributed by atoms with Gasteiger partial charge >= 0.3 is 5.97 Å². The molecule has 0 saturated carbocycles. The Kier molecular flexibility index (Phi) is 4.87. The van der Waals surface area contributed by atoms with Gasteiger partial charge < -0.3 is 15.1 Å². The van der Waals surface area contributed by atoms with Gasteiger partial charge in [-0.1, -0.05) is 18.2 Å². The fraction of sp³-hybridized carbons (Fsp3) is 0.412. The number of hydrogen-bond donors (Lipinski definition) is 2. The van der Waals surface area contributed by atoms with Crippen LogP contribution in [0.5, 0.6) is 0 Å². The van der Waals surface area contributed by atoms with Gasteiger partial charge in [-0.25, -0.2) is 22.5 Å². The molecular weight excluding hydrogens is 358 g/mol. The lowest BCUT2D eigenvalue weighted by molar-refractivity contribution is 0.0699. The smallest absolute Gasteiger partial charge is 0.336 e. The molecule has 8 nitrogen and oxygen atoms in total. The van der Waals surface area contributed by atoms with E-state index in [2.05, 4.69) is 4.98 Å². The average Bonchev–Trinajstić information content (AvgIpc) is 2.93. The molecule has 0 radical (unpaired) electrons. The number of aromatic nitrogens is 1. The molecule has 140 valence electrons. The third-order valence-electron chi connectivity index (χ3n) is 4.64. The topological polar surface area (TPSA) is 111 Å². The summed E-state index contributed by atoms with van der Waals surface area (Å²) in [6.45, 7) is 0.497. The number of aliphatic hydroxyl groups excluding tert-OH is 1. The minimum Gasteiger partial charge on any atom is -0.478 e. The molecule has 0 bridgehead atoms. The summed E-state index contributed by atoms with van der Waals surface area (Å²) in [5, 5.41) is 20.3. The number of carboxylic acids is 1. The van der Waals surface area contributed by atoms with Crippen LogP contribution in [-0.4, -0.2) is 72.9 Å². The molecule has 0 unspecified atom stereocenters. The summed E-state index contributed by atoms with van der Waals surface area (Å²) in [4.78, 5) is 17.8. The molecule has 1 aromatic carbocycles. The van der Waals surface area contributed by atoms with E-state index in [-0.39, 0.29) is 17.9 Å². The van der Waals surface area contributed by atoms with E-state index >= 15 is 0 Å². The Morgan fingerprint density at radius 3 is 2.65 bits per heavy atom. The number of aliphatic hydroxyl groups is 1. The standard InChI is InChI=1S/C17H21N3O5S/c1-19(2)26(24,25)10-11-8-20(9-15(11)21)16-7-13(17(22)23)12-5-3-4-6-14(12)18-16/h3-7,11,15,21H,8-10H2,1-2H3,(H,22,23)/t11-,15+/m0/s1. The first-order valence-corrected chi connectivity index (χ1v) is 9.76. The summed E-state index contributed by atoms with van der Waals surface area (Å²) in [6.07, 6.45) is -0.828. The fourth-order valence-corrected chi connectivity index (χ4v) is 4.29. The Bertz CT molecular complexity index is 945. The van der Waals surface area contributed by atoms with Gasteiger partial charge in [-0.05, 0) is 12.1 Å². The van der Waals surface area contributed by atoms with E-state index in [9.17, 15) is 23.4 Å². The molecule has 1 aliphatic heterocycles. The molecule has 0 aliphatic carbocycles. The van der Waals surface area contributed by atoms with Crippen molar-refractivity contribution in [2.24, 2.45) is 5.92 Å². The van der Waals surface area contributed by atoms with Gasteiger partial charge in [-0.3, -0.25) is 0 Å². The summed E-state index contributed by atoms with van der Waals surface area (Å²) < 4.78 is 25.3. The molecule has 2 N–H and O–H groups in total. The number of carbonyl (C=O) groups is 1. The predicted octanol–water partition coefficient (Wildman–Crippen LogP) is 0.621. The lowest BCUT2D eigenvalue weighted by atomic mass is 10.1. The number of benzene rings is 1. The minimum atomic E-state index is -3.44. The van der Waals surface area contributed by atoms with Crippen LogP contribution < -0.4 is 4.90 Å². The van der Waals surface area contributed by atoms with Crippen molar-refractivity contribution in [2.75, 3.05) is 37.8 Å². The number of pyridine rings is 1. The summed E-state index contributed by atoms with van der Waals surface area (Å²) in [5.74, 6) is -1.28. The molecular formula is C17H21N3O5S. The number of fused-ring (bicyclic) bond motifs is 1. The summed E-state index contributed by atoms with van der Waals surface area (Å²) in [7, 11) is -0.531. The van der Waals surface area contributed by atoms with E-state index in [0.717, 1.165) is 4.31 Å². The van der Waals surface area contributed by atoms with Crippen LogP contribution in [0.4, 0.5) is 5.82 Å². The van der Waals surface area contributed by atoms with Crippen molar-refractivity contribution in [3.8, 4) is 0 Å². The maximum Gasteiger partial charge on any atom is 0.336 e. The van der Waals surface area contributed by atoms with Crippen LogP contribution in [-0.2, 0) is 10.0 Å². The highest BCUT2D eigenvalue weighted by molar-refractivity contribution is 7.89. The van der Waals surface area contributed by atoms with Gasteiger partial charge in [-0.2, -0.15) is 0 Å². The maximum absolute atomic E-state index is 12.1. The Hall–Kier alpha value is -2.23. The highest BCUT2D eigenvalue weighted by Gasteiger charge is 2.36. The van der Waals surface area contributed by atoms with E-state index in [4.69, 9.17) is 0 Å². The van der Waals surface area contributed by atoms with Gasteiger partial charge in [-0.15, -0.1) is 0 Å². The first-order valence-electron chi connectivity index (χ1n) is 8.15. The third kappa shape index (κ3) is 3.50. The highest BCUT2D eigenvalue weighted by atomic mass is 32.2. The molecule has 1 aromatic heterocycles. The number of β-amino-alcohol motifs (C(OH)–C–C–N with tert-alkyl or cyclic N) is 1. The van der Waals surface area contributed by atoms with Crippen LogP contribution >= 0.6 is 0 Å². The van der Waals surface area contributed by atoms with E-state index in [1.54, 1.807) is 29.2 Å². The fourth-order valence-electron chi connectivity index (χ4n) is 3.12. The first kappa shape index (κ1) is 18.6. The number of anilines is 1. The zero-order chi connectivity index (χ0) is 19.1. The number of rotatable bonds is 5. The van der Waals surface area contributed by atoms with Crippen molar-refractivity contribution in [1.82, 2.24) is 9.29 Å². The normalized spacial score (nSPS) is 20.8. The SMILES string of the molecule is CN(C)S(=O)(=O)C[C@@H]1CN(c2cc(C(=O)O)c3ccccc3n2)C[C@H]1O. The lowest BCUT2D eigenvalue weighted by Crippen LogP contribution is -2.33. The summed E-state index contributed by atoms with van der Waals surface area (Å²) >= 11 is 0. The van der Waals surface area contributed by atoms with Crippen molar-refractivity contribution >= 4 is 32.7 Å². The van der Waals surface area contributed by atoms with Gasteiger partial charge in [0.05, 0.1) is 22.9 Å². The van der Waals surface area contributed by atoms with Crippen LogP contribution in [0, 0.1) is 5.92 Å². The Morgan fingerprint density at radius 2 is 2.00 bits per heavy atom. The maximum atomic E-state index is 12.1. The quantitative estimate of drug-likeness (QED) is 0.783. The summed E-state index contributed by atoms with van der Waals surface area (Å²) in [6, 6.07) is 8.42. The average molecular weight is 379 g/mol. The second-order valence-corrected chi connectivity index (χ2v) is 8.87. The first-order chi connectivity index (χ1) is 12.2. The molecule has 1 aliphatic rings. The van der Waals surface area contributed by atoms with E-state index in [1.807, 2.05) is 0 Å². The Morgan fingerprint density at radius 1 is 1.31 bits per heavy atom. The molecule has 0 spiro atoms. The number of sulfonamides is 1. The van der Waals surface area contributed by atoms with Crippen LogP contribution in [0.3, 0.4) is 0 Å². The largest absolute Gasteiger partial charge is 0.478 e. The second kappa shape index (κ2) is 6.82. The van der Waals surface area contributed by atoms with Crippen molar-refractivity contribution in [3.05, 3.63) is 35.9 Å². The van der Waals surface area contributed by atoms with Gasteiger partial charge in [0.25, 0.3) is 0 Å². The number of aromatic carboxylic acids is 1. The third-order valence-corrected chi connectivity index (χ3v) is 6.61. The van der Waals surface area contributed by atoms with Gasteiger partial charge in [0, 0.05) is 38.5 Å². The predicted molar refractivity (Wildman–Crippen MR) is 97.9 cm³/mol. The number of carboxylic acid groups (broad SMARTS) is 1. The Labute approximate surface area is 151 Å². The van der Waals surface area contributed by atoms with E-state index < -0.39 is 28.0 Å². The molecule has 9 heteroatoms. The zero-order valence-corrected chi connectivity index (χ0v) is 15.3. The number of hydrogen-bond acceptors (Lipinski definition) is 6. The van der Waals surface area contributed by atoms with E-state index in [0.29, 0.717) is 23.3 Å². The van der Waals surface area contributed by atoms with E-state index in [1.165, 1.54) is 20.2 Å². The number of para-hydroxylation sites is 1. The molecule has 2 atom stereocenters. The van der Waals surface area contributed by atoms with Crippen LogP contribution in [0.15, 0.2) is 30.3 Å². The molecule has 3 rings (SSSR count). The highest BCUT2D eigenvalue weighted by Crippen LogP contribution is 2.28. The van der Waals surface area contributed by atoms with Crippen LogP contribution in [0.2, 0.25) is 0 Å². The van der Waals surface area contributed by atoms with Gasteiger partial charge in [0.15, 0.2) is 0 Å². The molecule has 1 fully saturated rings. The monoisotopic (exact) mass is 379 g/mol. The lowest BCUT2D eigenvalue weighted by Gasteiger charge is -2.19. The van der Waals surface area contributed by atoms with Crippen molar-refractivity contribution < 1.29 is 23.4 Å². The van der Waals surface area contributed by atoms with Crippen LogP contribution in [0.1, 0.15) is 10.4 Å². The second-order valence-electron chi connectivity index (χ2n) is 6.64.